The van der Waals surface area contributed by atoms with E-state index >= 15 is 0 Å². The van der Waals surface area contributed by atoms with E-state index in [0.29, 0.717) is 30.7 Å². The van der Waals surface area contributed by atoms with Gasteiger partial charge in [0.05, 0.1) is 6.04 Å². The molecule has 150 valence electrons. The molecule has 2 aromatic carbocycles. The van der Waals surface area contributed by atoms with Crippen molar-refractivity contribution in [2.75, 3.05) is 11.5 Å². The number of rotatable bonds is 6. The lowest BCUT2D eigenvalue weighted by Gasteiger charge is -2.36. The van der Waals surface area contributed by atoms with Gasteiger partial charge >= 0.3 is 5.97 Å². The fourth-order valence-electron chi connectivity index (χ4n) is 4.59. The molecule has 2 aromatic rings. The molecule has 3 N–H and O–H groups in total. The molecule has 1 saturated carbocycles. The fourth-order valence-corrected chi connectivity index (χ4v) is 4.59. The minimum atomic E-state index is -1.09. The highest BCUT2D eigenvalue weighted by atomic mass is 16.5. The molecule has 7 nitrogen and oxygen atoms in total. The number of primary amides is 1. The Balaban J connectivity index is 1.82. The van der Waals surface area contributed by atoms with Crippen LogP contribution in [0.15, 0.2) is 48.5 Å². The third-order valence-corrected chi connectivity index (χ3v) is 5.74. The number of Topliss-reactive ketones (excluding diaryl/α,β-unsaturated/α-hetero) is 1. The second-order valence-electron chi connectivity index (χ2n) is 7.47. The van der Waals surface area contributed by atoms with E-state index in [0.717, 1.165) is 11.3 Å². The van der Waals surface area contributed by atoms with Crippen molar-refractivity contribution in [2.45, 2.75) is 31.3 Å². The van der Waals surface area contributed by atoms with Crippen LogP contribution in [0.3, 0.4) is 0 Å². The van der Waals surface area contributed by atoms with Gasteiger partial charge in [-0.25, -0.2) is 4.79 Å². The number of ether oxygens (including phenoxy) is 1. The highest BCUT2D eigenvalue weighted by Gasteiger charge is 2.51. The van der Waals surface area contributed by atoms with Gasteiger partial charge in [-0.15, -0.1) is 0 Å². The van der Waals surface area contributed by atoms with Crippen molar-refractivity contribution >= 4 is 23.3 Å². The molecule has 0 saturated heterocycles. The van der Waals surface area contributed by atoms with Crippen molar-refractivity contribution < 1.29 is 24.2 Å². The van der Waals surface area contributed by atoms with Gasteiger partial charge in [-0.3, -0.25) is 9.59 Å². The number of anilines is 1. The lowest BCUT2D eigenvalue weighted by Crippen LogP contribution is -2.48. The summed E-state index contributed by atoms with van der Waals surface area (Å²) in [5, 5.41) is 9.02. The maximum absolute atomic E-state index is 13.0. The number of fused-ring (bicyclic) bond motifs is 3. The Morgan fingerprint density at radius 2 is 1.90 bits per heavy atom. The maximum atomic E-state index is 13.0. The van der Waals surface area contributed by atoms with Gasteiger partial charge in [-0.05, 0) is 24.1 Å². The molecular weight excluding hydrogens is 372 g/mol. The van der Waals surface area contributed by atoms with Crippen LogP contribution in [0.1, 0.15) is 29.9 Å². The first-order chi connectivity index (χ1) is 14.0. The van der Waals surface area contributed by atoms with Crippen LogP contribution in [0.2, 0.25) is 0 Å². The van der Waals surface area contributed by atoms with Crippen molar-refractivity contribution in [1.29, 1.82) is 0 Å². The SMILES string of the molecule is NC(=O)C1CCC(=O)C2C1c1c(OCC(=O)O)cccc1N2Cc1ccccc1. The van der Waals surface area contributed by atoms with E-state index in [1.165, 1.54) is 0 Å². The zero-order chi connectivity index (χ0) is 20.5. The third kappa shape index (κ3) is 3.44. The average molecular weight is 394 g/mol. The Bertz CT molecular complexity index is 959. The normalized spacial score (nSPS) is 22.7. The second kappa shape index (κ2) is 7.58. The molecule has 1 aliphatic carbocycles. The number of hydrogen-bond acceptors (Lipinski definition) is 5. The number of hydrogen-bond donors (Lipinski definition) is 2. The van der Waals surface area contributed by atoms with Gasteiger partial charge in [0.25, 0.3) is 0 Å². The summed E-state index contributed by atoms with van der Waals surface area (Å²) in [6.45, 7) is -0.00365. The Morgan fingerprint density at radius 3 is 2.59 bits per heavy atom. The maximum Gasteiger partial charge on any atom is 0.341 e. The number of nitrogens with zero attached hydrogens (tertiary/aromatic N) is 1. The zero-order valence-electron chi connectivity index (χ0n) is 15.8. The molecule has 7 heteroatoms. The van der Waals surface area contributed by atoms with E-state index in [4.69, 9.17) is 15.6 Å². The average Bonchev–Trinajstić information content (AvgIpc) is 3.03. The predicted molar refractivity (Wildman–Crippen MR) is 106 cm³/mol. The second-order valence-corrected chi connectivity index (χ2v) is 7.47. The topological polar surface area (TPSA) is 110 Å². The number of amides is 1. The van der Waals surface area contributed by atoms with Crippen molar-refractivity contribution in [3.05, 3.63) is 59.7 Å². The van der Waals surface area contributed by atoms with Crippen LogP contribution < -0.4 is 15.4 Å². The van der Waals surface area contributed by atoms with Crippen molar-refractivity contribution in [3.8, 4) is 5.75 Å². The van der Waals surface area contributed by atoms with Gasteiger partial charge in [0.15, 0.2) is 12.4 Å². The Kier molecular flexibility index (Phi) is 4.96. The minimum Gasteiger partial charge on any atom is -0.482 e. The highest BCUT2D eigenvalue weighted by Crippen LogP contribution is 2.53. The van der Waals surface area contributed by atoms with Gasteiger partial charge < -0.3 is 20.5 Å². The Morgan fingerprint density at radius 1 is 1.14 bits per heavy atom. The predicted octanol–water partition coefficient (Wildman–Crippen LogP) is 2.09. The summed E-state index contributed by atoms with van der Waals surface area (Å²) < 4.78 is 5.53. The van der Waals surface area contributed by atoms with Crippen molar-refractivity contribution in [3.63, 3.8) is 0 Å². The van der Waals surface area contributed by atoms with Crippen LogP contribution >= 0.6 is 0 Å². The number of carboxylic acid groups (broad SMARTS) is 1. The number of ketones is 1. The van der Waals surface area contributed by atoms with Crippen LogP contribution in [0.25, 0.3) is 0 Å². The van der Waals surface area contributed by atoms with Crippen molar-refractivity contribution in [2.24, 2.45) is 11.7 Å². The summed E-state index contributed by atoms with van der Waals surface area (Å²) in [6, 6.07) is 14.6. The Labute approximate surface area is 168 Å². The molecule has 0 aromatic heterocycles. The van der Waals surface area contributed by atoms with Gasteiger partial charge in [-0.1, -0.05) is 36.4 Å². The number of carbonyl (C=O) groups excluding carboxylic acids is 2. The highest BCUT2D eigenvalue weighted by molar-refractivity contribution is 5.96. The molecule has 2 aliphatic rings. The summed E-state index contributed by atoms with van der Waals surface area (Å²) >= 11 is 0. The molecule has 29 heavy (non-hydrogen) atoms. The number of aliphatic carboxylic acids is 1. The van der Waals surface area contributed by atoms with E-state index in [1.54, 1.807) is 12.1 Å². The molecule has 3 atom stereocenters. The van der Waals surface area contributed by atoms with Crippen LogP contribution in [-0.2, 0) is 20.9 Å². The summed E-state index contributed by atoms with van der Waals surface area (Å²) in [7, 11) is 0. The van der Waals surface area contributed by atoms with Crippen LogP contribution in [0, 0.1) is 5.92 Å². The molecule has 3 unspecified atom stereocenters. The first-order valence-corrected chi connectivity index (χ1v) is 9.57. The van der Waals surface area contributed by atoms with Crippen LogP contribution in [0.4, 0.5) is 5.69 Å². The summed E-state index contributed by atoms with van der Waals surface area (Å²) in [5.41, 5.74) is 8.21. The lowest BCUT2D eigenvalue weighted by molar-refractivity contribution is -0.139. The number of nitrogens with two attached hydrogens (primary N) is 1. The molecule has 0 radical (unpaired) electrons. The standard InChI is InChI=1S/C22H22N2O5/c23-22(28)14-9-10-16(25)21-19(14)20-15(7-4-8-17(20)29-12-18(26)27)24(21)11-13-5-2-1-3-6-13/h1-8,14,19,21H,9-12H2,(H2,23,28)(H,26,27). The molecule has 1 fully saturated rings. The summed E-state index contributed by atoms with van der Waals surface area (Å²) in [4.78, 5) is 38.2. The number of benzene rings is 2. The lowest BCUT2D eigenvalue weighted by atomic mass is 9.73. The minimum absolute atomic E-state index is 0.0591. The van der Waals surface area contributed by atoms with E-state index < -0.39 is 36.4 Å². The molecule has 0 bridgehead atoms. The first kappa shape index (κ1) is 19.0. The molecule has 1 heterocycles. The fraction of sp³-hybridized carbons (Fsp3) is 0.318. The van der Waals surface area contributed by atoms with E-state index in [2.05, 4.69) is 0 Å². The number of carboxylic acids is 1. The van der Waals surface area contributed by atoms with E-state index in [-0.39, 0.29) is 5.78 Å². The Hall–Kier alpha value is -3.35. The van der Waals surface area contributed by atoms with E-state index in [9.17, 15) is 14.4 Å². The van der Waals surface area contributed by atoms with Crippen LogP contribution in [0.5, 0.6) is 5.75 Å². The molecule has 4 rings (SSSR count). The van der Waals surface area contributed by atoms with Gasteiger partial charge in [0, 0.05) is 36.1 Å². The molecule has 1 aliphatic heterocycles. The third-order valence-electron chi connectivity index (χ3n) is 5.74. The monoisotopic (exact) mass is 394 g/mol. The molecule has 1 amide bonds. The summed E-state index contributed by atoms with van der Waals surface area (Å²) in [5.74, 6) is -2.05. The summed E-state index contributed by atoms with van der Waals surface area (Å²) in [6.07, 6.45) is 0.681. The van der Waals surface area contributed by atoms with Crippen LogP contribution in [-0.4, -0.2) is 35.4 Å². The zero-order valence-corrected chi connectivity index (χ0v) is 15.8. The van der Waals surface area contributed by atoms with Gasteiger partial charge in [-0.2, -0.15) is 0 Å². The smallest absolute Gasteiger partial charge is 0.341 e. The number of carbonyl (C=O) groups is 3. The molecule has 0 spiro atoms. The van der Waals surface area contributed by atoms with Crippen molar-refractivity contribution in [1.82, 2.24) is 0 Å². The first-order valence-electron chi connectivity index (χ1n) is 9.57. The van der Waals surface area contributed by atoms with Gasteiger partial charge in [0.2, 0.25) is 5.91 Å². The van der Waals surface area contributed by atoms with Gasteiger partial charge in [0.1, 0.15) is 5.75 Å². The largest absolute Gasteiger partial charge is 0.482 e. The molecular formula is C22H22N2O5. The quantitative estimate of drug-likeness (QED) is 0.776. The van der Waals surface area contributed by atoms with E-state index in [1.807, 2.05) is 41.3 Å².